The van der Waals surface area contributed by atoms with Crippen LogP contribution in [-0.2, 0) is 25.6 Å². The minimum atomic E-state index is -4.61. The number of aromatic nitrogens is 1. The molecular weight excluding hydrogens is 411 g/mol. The first-order valence-electron chi connectivity index (χ1n) is 8.53. The molecule has 2 heterocycles. The van der Waals surface area contributed by atoms with Crippen molar-refractivity contribution < 1.29 is 31.2 Å². The van der Waals surface area contributed by atoms with Crippen molar-refractivity contribution in [3.63, 3.8) is 0 Å². The van der Waals surface area contributed by atoms with Crippen molar-refractivity contribution in [1.29, 1.82) is 0 Å². The second-order valence-corrected chi connectivity index (χ2v) is 8.44. The molecular formula is C18H16F3N3O4S. The van der Waals surface area contributed by atoms with Crippen LogP contribution in [0.1, 0.15) is 18.9 Å². The first-order valence-corrected chi connectivity index (χ1v) is 10.1. The lowest BCUT2D eigenvalue weighted by atomic mass is 10.2. The summed E-state index contributed by atoms with van der Waals surface area (Å²) in [6.45, 7) is 1.05. The zero-order valence-electron chi connectivity index (χ0n) is 15.1. The van der Waals surface area contributed by atoms with Gasteiger partial charge >= 0.3 is 6.18 Å². The van der Waals surface area contributed by atoms with Gasteiger partial charge in [0.15, 0.2) is 15.7 Å². The van der Waals surface area contributed by atoms with Crippen molar-refractivity contribution in [2.45, 2.75) is 29.7 Å². The number of alkyl halides is 3. The van der Waals surface area contributed by atoms with Crippen LogP contribution in [0.25, 0.3) is 0 Å². The van der Waals surface area contributed by atoms with Crippen LogP contribution in [0, 0.1) is 0 Å². The van der Waals surface area contributed by atoms with E-state index in [9.17, 15) is 31.2 Å². The number of anilines is 2. The van der Waals surface area contributed by atoms with Gasteiger partial charge in [-0.3, -0.25) is 14.5 Å². The van der Waals surface area contributed by atoms with Crippen molar-refractivity contribution in [3.8, 4) is 0 Å². The monoisotopic (exact) mass is 427 g/mol. The van der Waals surface area contributed by atoms with Gasteiger partial charge in [0, 0.05) is 6.20 Å². The van der Waals surface area contributed by atoms with E-state index in [2.05, 4.69) is 10.3 Å². The molecule has 0 fully saturated rings. The topological polar surface area (TPSA) is 96.4 Å². The number of rotatable bonds is 4. The Morgan fingerprint density at radius 1 is 1.24 bits per heavy atom. The van der Waals surface area contributed by atoms with E-state index in [1.54, 1.807) is 6.07 Å². The standard InChI is InChI=1S/C18H16F3N3O4S/c1-2-14(29(27,28)12-7-5-11(6-8-12)18(19,20)21)17(26)24-10-15(25)23-13-4-3-9-22-16(13)24/h3-9,14H,2,10H2,1H3,(H,23,25). The lowest BCUT2D eigenvalue weighted by Gasteiger charge is -2.30. The summed E-state index contributed by atoms with van der Waals surface area (Å²) >= 11 is 0. The third-order valence-electron chi connectivity index (χ3n) is 4.42. The van der Waals surface area contributed by atoms with E-state index in [1.165, 1.54) is 19.2 Å². The number of halogens is 3. The van der Waals surface area contributed by atoms with Crippen molar-refractivity contribution in [2.24, 2.45) is 0 Å². The molecule has 0 aliphatic carbocycles. The zero-order valence-corrected chi connectivity index (χ0v) is 15.9. The maximum absolute atomic E-state index is 13.0. The second kappa shape index (κ2) is 7.47. The SMILES string of the molecule is CCC(C(=O)N1CC(=O)Nc2cccnc21)S(=O)(=O)c1ccc(C(F)(F)F)cc1. The molecule has 2 amide bonds. The molecule has 1 N–H and O–H groups in total. The first-order chi connectivity index (χ1) is 13.6. The maximum Gasteiger partial charge on any atom is 0.416 e. The summed E-state index contributed by atoms with van der Waals surface area (Å²) in [5, 5.41) is 0.958. The molecule has 0 bridgehead atoms. The molecule has 1 aliphatic rings. The van der Waals surface area contributed by atoms with Crippen LogP contribution < -0.4 is 10.2 Å². The van der Waals surface area contributed by atoms with Crippen molar-refractivity contribution in [2.75, 3.05) is 16.8 Å². The van der Waals surface area contributed by atoms with Gasteiger partial charge in [-0.15, -0.1) is 0 Å². The highest BCUT2D eigenvalue weighted by Crippen LogP contribution is 2.32. The Balaban J connectivity index is 1.96. The van der Waals surface area contributed by atoms with Crippen LogP contribution in [0.5, 0.6) is 0 Å². The average Bonchev–Trinajstić information content (AvgIpc) is 2.67. The predicted octanol–water partition coefficient (Wildman–Crippen LogP) is 2.64. The third kappa shape index (κ3) is 3.95. The normalized spacial score (nSPS) is 15.4. The predicted molar refractivity (Wildman–Crippen MR) is 97.9 cm³/mol. The summed E-state index contributed by atoms with van der Waals surface area (Å²) in [6, 6.07) is 6.01. The van der Waals surface area contributed by atoms with Gasteiger partial charge in [-0.25, -0.2) is 13.4 Å². The zero-order chi connectivity index (χ0) is 21.4. The van der Waals surface area contributed by atoms with E-state index < -0.39 is 50.1 Å². The van der Waals surface area contributed by atoms with Crippen molar-refractivity contribution >= 4 is 33.2 Å². The maximum atomic E-state index is 13.0. The highest BCUT2D eigenvalue weighted by molar-refractivity contribution is 7.92. The Hall–Kier alpha value is -2.95. The summed E-state index contributed by atoms with van der Waals surface area (Å²) in [4.78, 5) is 29.5. The van der Waals surface area contributed by atoms with Crippen LogP contribution >= 0.6 is 0 Å². The Kier molecular flexibility index (Phi) is 5.35. The van der Waals surface area contributed by atoms with Gasteiger partial charge in [-0.1, -0.05) is 6.92 Å². The fraction of sp³-hybridized carbons (Fsp3) is 0.278. The van der Waals surface area contributed by atoms with E-state index in [0.717, 1.165) is 17.0 Å². The summed E-state index contributed by atoms with van der Waals surface area (Å²) in [5.74, 6) is -1.28. The highest BCUT2D eigenvalue weighted by atomic mass is 32.2. The molecule has 1 unspecified atom stereocenters. The second-order valence-electron chi connectivity index (χ2n) is 6.31. The number of sulfone groups is 1. The molecule has 154 valence electrons. The minimum Gasteiger partial charge on any atom is -0.321 e. The molecule has 3 rings (SSSR count). The number of pyridine rings is 1. The number of fused-ring (bicyclic) bond motifs is 1. The Labute approximate surface area is 164 Å². The van der Waals surface area contributed by atoms with Gasteiger partial charge in [0.1, 0.15) is 11.8 Å². The molecule has 1 aliphatic heterocycles. The van der Waals surface area contributed by atoms with Gasteiger partial charge in [0.25, 0.3) is 0 Å². The fourth-order valence-corrected chi connectivity index (χ4v) is 4.67. The Morgan fingerprint density at radius 2 is 1.90 bits per heavy atom. The molecule has 0 spiro atoms. The number of hydrogen-bond acceptors (Lipinski definition) is 5. The largest absolute Gasteiger partial charge is 0.416 e. The van der Waals surface area contributed by atoms with E-state index in [0.29, 0.717) is 12.1 Å². The molecule has 0 saturated heterocycles. The lowest BCUT2D eigenvalue weighted by Crippen LogP contribution is -2.49. The quantitative estimate of drug-likeness (QED) is 0.809. The molecule has 2 aromatic rings. The van der Waals surface area contributed by atoms with Gasteiger partial charge in [0.05, 0.1) is 16.1 Å². The Morgan fingerprint density at radius 3 is 2.48 bits per heavy atom. The summed E-state index contributed by atoms with van der Waals surface area (Å²) in [6.07, 6.45) is -3.36. The molecule has 1 aromatic carbocycles. The number of nitrogens with zero attached hydrogens (tertiary/aromatic N) is 2. The van der Waals surface area contributed by atoms with Crippen LogP contribution in [-0.4, -0.2) is 37.0 Å². The fourth-order valence-electron chi connectivity index (χ4n) is 3.00. The summed E-state index contributed by atoms with van der Waals surface area (Å²) in [5.41, 5.74) is -0.736. The average molecular weight is 427 g/mol. The number of carbonyl (C=O) groups is 2. The van der Waals surface area contributed by atoms with E-state index in [-0.39, 0.29) is 17.9 Å². The summed E-state index contributed by atoms with van der Waals surface area (Å²) in [7, 11) is -4.30. The van der Waals surface area contributed by atoms with Crippen LogP contribution in [0.4, 0.5) is 24.7 Å². The Bertz CT molecular complexity index is 1050. The molecule has 11 heteroatoms. The van der Waals surface area contributed by atoms with Crippen molar-refractivity contribution in [1.82, 2.24) is 4.98 Å². The molecule has 1 aromatic heterocycles. The number of nitrogens with one attached hydrogen (secondary N) is 1. The van der Waals surface area contributed by atoms with Crippen LogP contribution in [0.15, 0.2) is 47.5 Å². The van der Waals surface area contributed by atoms with Crippen LogP contribution in [0.2, 0.25) is 0 Å². The smallest absolute Gasteiger partial charge is 0.321 e. The van der Waals surface area contributed by atoms with Crippen molar-refractivity contribution in [3.05, 3.63) is 48.2 Å². The minimum absolute atomic E-state index is 0.109. The van der Waals surface area contributed by atoms with Gasteiger partial charge in [-0.05, 0) is 42.8 Å². The summed E-state index contributed by atoms with van der Waals surface area (Å²) < 4.78 is 64.1. The van der Waals surface area contributed by atoms with E-state index >= 15 is 0 Å². The third-order valence-corrected chi connectivity index (χ3v) is 6.63. The van der Waals surface area contributed by atoms with E-state index in [4.69, 9.17) is 0 Å². The lowest BCUT2D eigenvalue weighted by molar-refractivity contribution is -0.137. The highest BCUT2D eigenvalue weighted by Gasteiger charge is 2.39. The number of hydrogen-bond donors (Lipinski definition) is 1. The van der Waals surface area contributed by atoms with E-state index in [1.807, 2.05) is 0 Å². The number of benzene rings is 1. The molecule has 1 atom stereocenters. The number of carbonyl (C=O) groups excluding carboxylic acids is 2. The number of amides is 2. The molecule has 0 saturated carbocycles. The van der Waals surface area contributed by atoms with Crippen LogP contribution in [0.3, 0.4) is 0 Å². The van der Waals surface area contributed by atoms with Gasteiger partial charge in [0.2, 0.25) is 11.8 Å². The molecule has 29 heavy (non-hydrogen) atoms. The van der Waals surface area contributed by atoms with Gasteiger partial charge < -0.3 is 5.32 Å². The molecule has 7 nitrogen and oxygen atoms in total. The first kappa shape index (κ1) is 20.8. The molecule has 0 radical (unpaired) electrons. The van der Waals surface area contributed by atoms with Gasteiger partial charge in [-0.2, -0.15) is 13.2 Å².